The third-order valence-corrected chi connectivity index (χ3v) is 9.08. The van der Waals surface area contributed by atoms with Crippen LogP contribution >= 0.6 is 11.3 Å². The van der Waals surface area contributed by atoms with Crippen molar-refractivity contribution in [2.24, 2.45) is 0 Å². The number of hydrogen-bond acceptors (Lipinski definition) is 10. The Morgan fingerprint density at radius 2 is 1.82 bits per heavy atom. The van der Waals surface area contributed by atoms with Crippen LogP contribution in [0.5, 0.6) is 5.75 Å². The van der Waals surface area contributed by atoms with Crippen LogP contribution < -0.4 is 14.4 Å². The van der Waals surface area contributed by atoms with Crippen molar-refractivity contribution in [3.8, 4) is 5.75 Å². The third kappa shape index (κ3) is 7.14. The fraction of sp³-hybridized carbons (Fsp3) is 0.367. The van der Waals surface area contributed by atoms with E-state index >= 15 is 0 Å². The van der Waals surface area contributed by atoms with E-state index in [2.05, 4.69) is 19.8 Å². The van der Waals surface area contributed by atoms with E-state index in [1.165, 1.54) is 54.4 Å². The van der Waals surface area contributed by atoms with E-state index in [1.54, 1.807) is 42.0 Å². The Bertz CT molecular complexity index is 1660. The lowest BCUT2D eigenvalue weighted by atomic mass is 9.87. The first-order chi connectivity index (χ1) is 20.9. The summed E-state index contributed by atoms with van der Waals surface area (Å²) in [5.41, 5.74) is -1.41. The number of pyridine rings is 1. The van der Waals surface area contributed by atoms with Crippen molar-refractivity contribution in [2.75, 3.05) is 25.7 Å². The summed E-state index contributed by atoms with van der Waals surface area (Å²) in [6.07, 6.45) is 6.54. The second-order valence-corrected chi connectivity index (χ2v) is 13.6. The molecule has 1 aromatic carbocycles. The number of nitrogens with zero attached hydrogens (tertiary/aromatic N) is 5. The highest BCUT2D eigenvalue weighted by Gasteiger charge is 2.50. The van der Waals surface area contributed by atoms with Crippen LogP contribution in [0.3, 0.4) is 0 Å². The summed E-state index contributed by atoms with van der Waals surface area (Å²) in [6.45, 7) is 6.04. The van der Waals surface area contributed by atoms with Gasteiger partial charge in [-0.15, -0.1) is 11.3 Å². The van der Waals surface area contributed by atoms with Gasteiger partial charge in [0.2, 0.25) is 0 Å². The van der Waals surface area contributed by atoms with Crippen LogP contribution in [0.15, 0.2) is 77.5 Å². The molecule has 0 bridgehead atoms. The lowest BCUT2D eigenvalue weighted by Gasteiger charge is -2.41. The average molecular weight is 641 g/mol. The van der Waals surface area contributed by atoms with Gasteiger partial charge < -0.3 is 9.47 Å². The van der Waals surface area contributed by atoms with E-state index < -0.39 is 27.4 Å². The molecular formula is C30H36N6O6S2. The summed E-state index contributed by atoms with van der Waals surface area (Å²) in [5, 5.41) is 6.13. The number of hydrogen-bond donors (Lipinski definition) is 1. The predicted molar refractivity (Wildman–Crippen MR) is 166 cm³/mol. The van der Waals surface area contributed by atoms with Gasteiger partial charge in [-0.3, -0.25) is 24.2 Å². The molecule has 44 heavy (non-hydrogen) atoms. The largest absolute Gasteiger partial charge is 0.496 e. The molecule has 1 unspecified atom stereocenters. The molecule has 2 amide bonds. The Morgan fingerprint density at radius 1 is 1.07 bits per heavy atom. The molecule has 4 rings (SSSR count). The lowest BCUT2D eigenvalue weighted by Crippen LogP contribution is -2.64. The van der Waals surface area contributed by atoms with Gasteiger partial charge >= 0.3 is 0 Å². The molecule has 14 heteroatoms. The Labute approximate surface area is 261 Å². The Balaban J connectivity index is 1.92. The maximum Gasteiger partial charge on any atom is 0.279 e. The maximum absolute atomic E-state index is 14.6. The minimum atomic E-state index is -4.33. The van der Waals surface area contributed by atoms with Crippen molar-refractivity contribution < 1.29 is 27.5 Å². The van der Waals surface area contributed by atoms with E-state index in [0.717, 1.165) is 16.9 Å². The Hall–Kier alpha value is -4.14. The molecule has 0 aliphatic heterocycles. The van der Waals surface area contributed by atoms with Crippen LogP contribution in [0, 0.1) is 0 Å². The first-order valence-electron chi connectivity index (χ1n) is 13.8. The second-order valence-electron chi connectivity index (χ2n) is 11.1. The number of thiazole rings is 1. The standard InChI is InChI=1S/C30H36N6O6S2/c1-29(2,3)23-20-32-24(19-25(23)42-5)26(37)36(28-31-15-18-43-28)30(13-9-17-41-4,21-35-16-10-14-33-35)27(38)34-44(39,40)22-11-7-6-8-12-22/h6-8,10-12,14-16,18-20H,9,13,17,21H2,1-5H3,(H,34,38). The molecule has 3 aromatic heterocycles. The minimum absolute atomic E-state index is 0.000622. The zero-order valence-corrected chi connectivity index (χ0v) is 26.9. The molecule has 0 saturated carbocycles. The summed E-state index contributed by atoms with van der Waals surface area (Å²) in [6, 6.07) is 10.7. The zero-order valence-electron chi connectivity index (χ0n) is 25.3. The number of methoxy groups -OCH3 is 2. The minimum Gasteiger partial charge on any atom is -0.496 e. The number of sulfonamides is 1. The molecule has 234 valence electrons. The summed E-state index contributed by atoms with van der Waals surface area (Å²) in [5.74, 6) is -1.16. The van der Waals surface area contributed by atoms with E-state index in [1.807, 2.05) is 20.8 Å². The maximum atomic E-state index is 14.6. The van der Waals surface area contributed by atoms with Crippen LogP contribution in [0.1, 0.15) is 49.7 Å². The molecule has 4 aromatic rings. The first kappa shape index (κ1) is 32.8. The van der Waals surface area contributed by atoms with E-state index in [9.17, 15) is 18.0 Å². The number of rotatable bonds is 13. The fourth-order valence-corrected chi connectivity index (χ4v) is 6.58. The molecule has 3 heterocycles. The molecule has 0 radical (unpaired) electrons. The normalized spacial score (nSPS) is 13.2. The summed E-state index contributed by atoms with van der Waals surface area (Å²) in [4.78, 5) is 39.1. The molecule has 0 saturated heterocycles. The van der Waals surface area contributed by atoms with Crippen LogP contribution in [0.2, 0.25) is 0 Å². The second kappa shape index (κ2) is 13.7. The van der Waals surface area contributed by atoms with Crippen molar-refractivity contribution in [2.45, 2.75) is 56.0 Å². The zero-order chi connectivity index (χ0) is 32.0. The predicted octanol–water partition coefficient (Wildman–Crippen LogP) is 4.06. The fourth-order valence-electron chi connectivity index (χ4n) is 4.79. The van der Waals surface area contributed by atoms with Crippen molar-refractivity contribution >= 4 is 38.3 Å². The smallest absolute Gasteiger partial charge is 0.279 e. The SMILES string of the molecule is COCCCC(Cn1cccn1)(C(=O)NS(=O)(=O)c1ccccc1)N(C(=O)c1cc(OC)c(C(C)(C)C)cn1)c1nccs1. The number of aromatic nitrogens is 4. The number of anilines is 1. The highest BCUT2D eigenvalue weighted by molar-refractivity contribution is 7.90. The molecule has 1 atom stereocenters. The van der Waals surface area contributed by atoms with Crippen LogP contribution in [0.4, 0.5) is 5.13 Å². The van der Waals surface area contributed by atoms with Gasteiger partial charge in [-0.25, -0.2) is 18.1 Å². The summed E-state index contributed by atoms with van der Waals surface area (Å²) >= 11 is 1.13. The highest BCUT2D eigenvalue weighted by Crippen LogP contribution is 2.36. The van der Waals surface area contributed by atoms with Crippen LogP contribution in [-0.4, -0.2) is 66.3 Å². The van der Waals surface area contributed by atoms with Gasteiger partial charge in [0.1, 0.15) is 17.0 Å². The Kier molecular flexibility index (Phi) is 10.2. The monoisotopic (exact) mass is 640 g/mol. The molecule has 0 aliphatic carbocycles. The number of benzene rings is 1. The molecule has 0 fully saturated rings. The van der Waals surface area contributed by atoms with Gasteiger partial charge in [0, 0.05) is 55.5 Å². The van der Waals surface area contributed by atoms with Crippen LogP contribution in [-0.2, 0) is 31.5 Å². The van der Waals surface area contributed by atoms with Gasteiger partial charge in [-0.1, -0.05) is 39.0 Å². The molecule has 0 spiro atoms. The van der Waals surface area contributed by atoms with Crippen molar-refractivity contribution in [1.29, 1.82) is 0 Å². The lowest BCUT2D eigenvalue weighted by molar-refractivity contribution is -0.125. The van der Waals surface area contributed by atoms with Gasteiger partial charge in [-0.05, 0) is 36.5 Å². The van der Waals surface area contributed by atoms with Gasteiger partial charge in [-0.2, -0.15) is 5.10 Å². The summed E-state index contributed by atoms with van der Waals surface area (Å²) in [7, 11) is -1.30. The molecule has 1 N–H and O–H groups in total. The molecular weight excluding hydrogens is 605 g/mol. The van der Waals surface area contributed by atoms with Crippen LogP contribution in [0.25, 0.3) is 0 Å². The highest BCUT2D eigenvalue weighted by atomic mass is 32.2. The molecule has 12 nitrogen and oxygen atoms in total. The van der Waals surface area contributed by atoms with Crippen molar-refractivity contribution in [1.82, 2.24) is 24.5 Å². The number of amides is 2. The summed E-state index contributed by atoms with van der Waals surface area (Å²) < 4.78 is 41.6. The first-order valence-corrected chi connectivity index (χ1v) is 16.2. The number of carbonyl (C=O) groups excluding carboxylic acids is 2. The number of nitrogens with one attached hydrogen (secondary N) is 1. The number of ether oxygens (including phenoxy) is 2. The number of carbonyl (C=O) groups is 2. The van der Waals surface area contributed by atoms with Crippen molar-refractivity contribution in [3.63, 3.8) is 0 Å². The van der Waals surface area contributed by atoms with E-state index in [0.29, 0.717) is 12.2 Å². The van der Waals surface area contributed by atoms with Crippen molar-refractivity contribution in [3.05, 3.63) is 83.9 Å². The topological polar surface area (TPSA) is 146 Å². The molecule has 0 aliphatic rings. The van der Waals surface area contributed by atoms with E-state index in [4.69, 9.17) is 9.47 Å². The van der Waals surface area contributed by atoms with Gasteiger partial charge in [0.15, 0.2) is 5.13 Å². The quantitative estimate of drug-likeness (QED) is 0.214. The van der Waals surface area contributed by atoms with E-state index in [-0.39, 0.29) is 40.7 Å². The van der Waals surface area contributed by atoms with Gasteiger partial charge in [0.25, 0.3) is 21.8 Å². The average Bonchev–Trinajstić information content (AvgIpc) is 3.71. The Morgan fingerprint density at radius 3 is 2.41 bits per heavy atom. The van der Waals surface area contributed by atoms with Gasteiger partial charge in [0.05, 0.1) is 18.6 Å². The third-order valence-electron chi connectivity index (χ3n) is 6.98.